The normalized spacial score (nSPS) is 17.9. The Bertz CT molecular complexity index is 656. The van der Waals surface area contributed by atoms with Crippen LogP contribution in [0.1, 0.15) is 29.3 Å². The summed E-state index contributed by atoms with van der Waals surface area (Å²) in [7, 11) is 0. The van der Waals surface area contributed by atoms with Crippen LogP contribution in [0.25, 0.3) is 0 Å². The fraction of sp³-hybridized carbons (Fsp3) is 0.286. The molecule has 0 saturated heterocycles. The third-order valence-corrected chi connectivity index (χ3v) is 6.43. The van der Waals surface area contributed by atoms with Gasteiger partial charge in [-0.05, 0) is 65.6 Å². The van der Waals surface area contributed by atoms with E-state index in [1.165, 1.54) is 26.2 Å². The second-order valence-electron chi connectivity index (χ2n) is 4.76. The summed E-state index contributed by atoms with van der Waals surface area (Å²) < 4.78 is 1.33. The maximum atomic E-state index is 6.25. The predicted molar refractivity (Wildman–Crippen MR) is 97.8 cm³/mol. The van der Waals surface area contributed by atoms with Crippen molar-refractivity contribution >= 4 is 74.4 Å². The molecule has 1 unspecified atom stereocenters. The smallest absolute Gasteiger partial charge is 0.0660 e. The Morgan fingerprint density at radius 2 is 1.85 bits per heavy atom. The van der Waals surface area contributed by atoms with Crippen LogP contribution in [0, 0.1) is 2.88 Å². The fourth-order valence-corrected chi connectivity index (χ4v) is 5.21. The quantitative estimate of drug-likeness (QED) is 0.385. The predicted octanol–water partition coefficient (Wildman–Crippen LogP) is 6.80. The zero-order chi connectivity index (χ0) is 14.3. The third kappa shape index (κ3) is 3.07. The van der Waals surface area contributed by atoms with Gasteiger partial charge in [0, 0.05) is 4.88 Å². The molecule has 0 fully saturated rings. The molecule has 2 aromatic rings. The Kier molecular flexibility index (Phi) is 4.73. The number of halogens is 4. The maximum absolute atomic E-state index is 6.25. The van der Waals surface area contributed by atoms with Crippen LogP contribution >= 0.6 is 68.7 Å². The van der Waals surface area contributed by atoms with Crippen molar-refractivity contribution < 1.29 is 0 Å². The molecule has 0 radical (unpaired) electrons. The summed E-state index contributed by atoms with van der Waals surface area (Å²) in [5.41, 5.74) is 2.24. The number of thiophene rings is 1. The minimum Gasteiger partial charge on any atom is -0.377 e. The summed E-state index contributed by atoms with van der Waals surface area (Å²) in [6, 6.07) is 6.06. The molecule has 0 aliphatic heterocycles. The fourth-order valence-electron chi connectivity index (χ4n) is 2.49. The van der Waals surface area contributed by atoms with Crippen LogP contribution in [-0.2, 0) is 6.42 Å². The molecular formula is C14H11Cl3INS. The molecule has 1 aromatic carbocycles. The van der Waals surface area contributed by atoms with Gasteiger partial charge in [0.25, 0.3) is 0 Å². The lowest BCUT2D eigenvalue weighted by molar-refractivity contribution is 0.609. The van der Waals surface area contributed by atoms with Gasteiger partial charge in [0.1, 0.15) is 0 Å². The average molecular weight is 459 g/mol. The summed E-state index contributed by atoms with van der Waals surface area (Å²) in [6.45, 7) is 0. The maximum Gasteiger partial charge on any atom is 0.0660 e. The van der Waals surface area contributed by atoms with E-state index < -0.39 is 0 Å². The summed E-state index contributed by atoms with van der Waals surface area (Å²) in [4.78, 5) is 1.48. The number of aryl methyl sites for hydroxylation is 1. The Labute approximate surface area is 150 Å². The number of rotatable bonds is 2. The molecule has 1 aromatic heterocycles. The SMILES string of the molecule is Clc1cc(Cl)c(NC2CCCc3sc(I)cc32)cc1Cl. The van der Waals surface area contributed by atoms with Gasteiger partial charge < -0.3 is 5.32 Å². The van der Waals surface area contributed by atoms with Gasteiger partial charge in [-0.3, -0.25) is 0 Å². The summed E-state index contributed by atoms with van der Waals surface area (Å²) in [5.74, 6) is 0. The second kappa shape index (κ2) is 6.21. The van der Waals surface area contributed by atoms with E-state index in [1.807, 2.05) is 11.3 Å². The molecule has 0 amide bonds. The highest BCUT2D eigenvalue weighted by Gasteiger charge is 2.23. The molecule has 1 atom stereocenters. The second-order valence-corrected chi connectivity index (χ2v) is 9.02. The molecule has 0 spiro atoms. The number of hydrogen-bond donors (Lipinski definition) is 1. The summed E-state index contributed by atoms with van der Waals surface area (Å²) >= 11 is 22.6. The zero-order valence-corrected chi connectivity index (χ0v) is 15.6. The van der Waals surface area contributed by atoms with Crippen molar-refractivity contribution in [2.75, 3.05) is 5.32 Å². The minimum atomic E-state index is 0.299. The molecule has 106 valence electrons. The molecule has 0 saturated carbocycles. The van der Waals surface area contributed by atoms with Crippen LogP contribution in [-0.4, -0.2) is 0 Å². The van der Waals surface area contributed by atoms with Crippen molar-refractivity contribution in [3.05, 3.63) is 46.6 Å². The van der Waals surface area contributed by atoms with Crippen molar-refractivity contribution in [2.45, 2.75) is 25.3 Å². The minimum absolute atomic E-state index is 0.299. The Morgan fingerprint density at radius 1 is 1.10 bits per heavy atom. The van der Waals surface area contributed by atoms with E-state index >= 15 is 0 Å². The molecule has 1 N–H and O–H groups in total. The molecule has 1 aliphatic rings. The molecular weight excluding hydrogens is 447 g/mol. The van der Waals surface area contributed by atoms with Gasteiger partial charge in [-0.25, -0.2) is 0 Å². The van der Waals surface area contributed by atoms with E-state index in [4.69, 9.17) is 34.8 Å². The standard InChI is InChI=1S/C14H11Cl3INS/c15-8-5-10(17)12(6-9(8)16)19-11-2-1-3-13-7(11)4-14(18)20-13/h4-6,11,19H,1-3H2. The highest BCUT2D eigenvalue weighted by molar-refractivity contribution is 14.1. The van der Waals surface area contributed by atoms with Crippen molar-refractivity contribution in [1.29, 1.82) is 0 Å². The van der Waals surface area contributed by atoms with E-state index in [0.29, 0.717) is 21.1 Å². The van der Waals surface area contributed by atoms with Crippen LogP contribution in [0.5, 0.6) is 0 Å². The molecule has 20 heavy (non-hydrogen) atoms. The third-order valence-electron chi connectivity index (χ3n) is 3.42. The highest BCUT2D eigenvalue weighted by Crippen LogP contribution is 2.40. The van der Waals surface area contributed by atoms with Gasteiger partial charge in [0.05, 0.1) is 29.7 Å². The Balaban J connectivity index is 1.91. The summed E-state index contributed by atoms with van der Waals surface area (Å²) in [5, 5.41) is 5.13. The van der Waals surface area contributed by atoms with Crippen LogP contribution in [0.15, 0.2) is 18.2 Å². The van der Waals surface area contributed by atoms with E-state index in [-0.39, 0.29) is 0 Å². The lowest BCUT2D eigenvalue weighted by Gasteiger charge is -2.25. The number of nitrogens with one attached hydrogen (secondary N) is 1. The Morgan fingerprint density at radius 3 is 2.65 bits per heavy atom. The first-order valence-electron chi connectivity index (χ1n) is 6.24. The number of hydrogen-bond acceptors (Lipinski definition) is 2. The van der Waals surface area contributed by atoms with Crippen molar-refractivity contribution in [2.24, 2.45) is 0 Å². The van der Waals surface area contributed by atoms with Gasteiger partial charge in [-0.2, -0.15) is 0 Å². The monoisotopic (exact) mass is 457 g/mol. The van der Waals surface area contributed by atoms with Gasteiger partial charge in [-0.15, -0.1) is 11.3 Å². The molecule has 6 heteroatoms. The van der Waals surface area contributed by atoms with Crippen LogP contribution in [0.4, 0.5) is 5.69 Å². The lowest BCUT2D eigenvalue weighted by Crippen LogP contribution is -2.15. The first-order chi connectivity index (χ1) is 9.54. The van der Waals surface area contributed by atoms with Crippen LogP contribution in [0.3, 0.4) is 0 Å². The number of benzene rings is 1. The molecule has 1 heterocycles. The first-order valence-corrected chi connectivity index (χ1v) is 9.26. The van der Waals surface area contributed by atoms with Crippen LogP contribution in [0.2, 0.25) is 15.1 Å². The summed E-state index contributed by atoms with van der Waals surface area (Å²) in [6.07, 6.45) is 3.48. The molecule has 1 nitrogen and oxygen atoms in total. The van der Waals surface area contributed by atoms with Gasteiger partial charge in [-0.1, -0.05) is 34.8 Å². The van der Waals surface area contributed by atoms with Gasteiger partial charge in [0.15, 0.2) is 0 Å². The van der Waals surface area contributed by atoms with E-state index in [0.717, 1.165) is 12.1 Å². The van der Waals surface area contributed by atoms with E-state index in [1.54, 1.807) is 12.1 Å². The number of anilines is 1. The van der Waals surface area contributed by atoms with Gasteiger partial charge >= 0.3 is 0 Å². The van der Waals surface area contributed by atoms with E-state index in [2.05, 4.69) is 34.0 Å². The van der Waals surface area contributed by atoms with Gasteiger partial charge in [0.2, 0.25) is 0 Å². The average Bonchev–Trinajstić information content (AvgIpc) is 2.77. The molecule has 0 bridgehead atoms. The first kappa shape index (κ1) is 15.2. The van der Waals surface area contributed by atoms with Crippen molar-refractivity contribution in [1.82, 2.24) is 0 Å². The highest BCUT2D eigenvalue weighted by atomic mass is 127. The zero-order valence-electron chi connectivity index (χ0n) is 10.4. The molecule has 1 aliphatic carbocycles. The van der Waals surface area contributed by atoms with Crippen molar-refractivity contribution in [3.63, 3.8) is 0 Å². The van der Waals surface area contributed by atoms with Crippen LogP contribution < -0.4 is 5.32 Å². The van der Waals surface area contributed by atoms with E-state index in [9.17, 15) is 0 Å². The topological polar surface area (TPSA) is 12.0 Å². The number of fused-ring (bicyclic) bond motifs is 1. The molecule has 3 rings (SSSR count). The largest absolute Gasteiger partial charge is 0.377 e. The lowest BCUT2D eigenvalue weighted by atomic mass is 9.94. The Hall–Kier alpha value is 0.320. The van der Waals surface area contributed by atoms with Crippen molar-refractivity contribution in [3.8, 4) is 0 Å².